The Kier molecular flexibility index (Phi) is 4.34. The highest BCUT2D eigenvalue weighted by molar-refractivity contribution is 6.35. The molecule has 0 atom stereocenters. The van der Waals surface area contributed by atoms with Crippen LogP contribution in [0.2, 0.25) is 5.15 Å². The lowest BCUT2D eigenvalue weighted by molar-refractivity contribution is -0.0266. The fourth-order valence-corrected chi connectivity index (χ4v) is 4.85. The van der Waals surface area contributed by atoms with Crippen molar-refractivity contribution in [3.05, 3.63) is 52.2 Å². The van der Waals surface area contributed by atoms with Crippen molar-refractivity contribution < 1.29 is 14.3 Å². The number of likely N-dealkylation sites (tertiary alicyclic amines) is 1. The minimum Gasteiger partial charge on any atom is -0.377 e. The number of carbonyl (C=O) groups excluding carboxylic acids is 2. The summed E-state index contributed by atoms with van der Waals surface area (Å²) in [6, 6.07) is 8.72. The van der Waals surface area contributed by atoms with Gasteiger partial charge in [-0.05, 0) is 49.7 Å². The first-order chi connectivity index (χ1) is 15.1. The lowest BCUT2D eigenvalue weighted by Crippen LogP contribution is -2.33. The van der Waals surface area contributed by atoms with Crippen LogP contribution in [-0.4, -0.2) is 57.8 Å². The van der Waals surface area contributed by atoms with Crippen molar-refractivity contribution in [3.8, 4) is 0 Å². The minimum absolute atomic E-state index is 0.0340. The van der Waals surface area contributed by atoms with Crippen molar-refractivity contribution in [2.75, 3.05) is 31.2 Å². The fourth-order valence-electron chi connectivity index (χ4n) is 4.63. The van der Waals surface area contributed by atoms with Crippen LogP contribution in [0.25, 0.3) is 11.0 Å². The molecular formula is C22H20ClN5O3. The molecule has 8 nitrogen and oxygen atoms in total. The van der Waals surface area contributed by atoms with E-state index >= 15 is 0 Å². The zero-order valence-electron chi connectivity index (χ0n) is 16.8. The van der Waals surface area contributed by atoms with E-state index in [2.05, 4.69) is 9.88 Å². The topological polar surface area (TPSA) is 80.6 Å². The average Bonchev–Trinajstić information content (AvgIpc) is 3.40. The van der Waals surface area contributed by atoms with Crippen LogP contribution in [0.5, 0.6) is 0 Å². The molecule has 0 saturated carbocycles. The van der Waals surface area contributed by atoms with Gasteiger partial charge in [0.2, 0.25) is 0 Å². The predicted molar refractivity (Wildman–Crippen MR) is 114 cm³/mol. The number of rotatable bonds is 4. The third-order valence-corrected chi connectivity index (χ3v) is 6.44. The Balaban J connectivity index is 1.53. The van der Waals surface area contributed by atoms with E-state index in [-0.39, 0.29) is 23.7 Å². The van der Waals surface area contributed by atoms with Crippen LogP contribution in [0.1, 0.15) is 45.2 Å². The van der Waals surface area contributed by atoms with Crippen LogP contribution in [-0.2, 0) is 11.3 Å². The Hall–Kier alpha value is -2.81. The number of carbonyl (C=O) groups is 2. The monoisotopic (exact) mass is 437 g/mol. The van der Waals surface area contributed by atoms with E-state index in [0.717, 1.165) is 35.6 Å². The first kappa shape index (κ1) is 18.9. The van der Waals surface area contributed by atoms with Crippen LogP contribution >= 0.6 is 11.6 Å². The van der Waals surface area contributed by atoms with Gasteiger partial charge in [-0.15, -0.1) is 0 Å². The molecule has 158 valence electrons. The molecular weight excluding hydrogens is 418 g/mol. The SMILES string of the molecule is O=C1c2ccccc2C(=O)N1c1nn(C2COC2)c2c(CN3CCCC3)cc(Cl)nc12. The van der Waals surface area contributed by atoms with Crippen molar-refractivity contribution >= 4 is 40.3 Å². The largest absolute Gasteiger partial charge is 0.377 e. The maximum Gasteiger partial charge on any atom is 0.267 e. The summed E-state index contributed by atoms with van der Waals surface area (Å²) in [5.74, 6) is -0.543. The molecule has 0 radical (unpaired) electrons. The molecule has 0 aliphatic carbocycles. The molecule has 5 heterocycles. The van der Waals surface area contributed by atoms with Crippen molar-refractivity contribution in [2.45, 2.75) is 25.4 Å². The summed E-state index contributed by atoms with van der Waals surface area (Å²) in [6.07, 6.45) is 2.36. The highest BCUT2D eigenvalue weighted by Crippen LogP contribution is 2.37. The molecule has 0 N–H and O–H groups in total. The fraction of sp³-hybridized carbons (Fsp3) is 0.364. The summed E-state index contributed by atoms with van der Waals surface area (Å²) in [4.78, 5) is 34.3. The highest BCUT2D eigenvalue weighted by Gasteiger charge is 2.40. The second-order valence-electron chi connectivity index (χ2n) is 8.24. The molecule has 3 aliphatic rings. The van der Waals surface area contributed by atoms with Crippen molar-refractivity contribution in [1.29, 1.82) is 0 Å². The summed E-state index contributed by atoms with van der Waals surface area (Å²) >= 11 is 6.41. The number of hydrogen-bond donors (Lipinski definition) is 0. The molecule has 0 spiro atoms. The number of imide groups is 1. The summed E-state index contributed by atoms with van der Waals surface area (Å²) in [5, 5.41) is 5.06. The van der Waals surface area contributed by atoms with E-state index in [1.807, 2.05) is 10.7 Å². The van der Waals surface area contributed by atoms with Gasteiger partial charge in [0.15, 0.2) is 5.82 Å². The lowest BCUT2D eigenvalue weighted by Gasteiger charge is -2.27. The first-order valence-corrected chi connectivity index (χ1v) is 10.8. The second-order valence-corrected chi connectivity index (χ2v) is 8.62. The van der Waals surface area contributed by atoms with Gasteiger partial charge < -0.3 is 4.74 Å². The molecule has 9 heteroatoms. The van der Waals surface area contributed by atoms with Gasteiger partial charge in [0.05, 0.1) is 35.9 Å². The molecule has 31 heavy (non-hydrogen) atoms. The molecule has 1 aromatic carbocycles. The molecule has 2 fully saturated rings. The molecule has 3 aromatic rings. The molecule has 2 amide bonds. The Morgan fingerprint density at radius 3 is 2.35 bits per heavy atom. The third kappa shape index (κ3) is 2.90. The van der Waals surface area contributed by atoms with Gasteiger partial charge in [-0.2, -0.15) is 5.10 Å². The van der Waals surface area contributed by atoms with Gasteiger partial charge >= 0.3 is 0 Å². The number of amides is 2. The van der Waals surface area contributed by atoms with Gasteiger partial charge in [0.25, 0.3) is 11.8 Å². The summed E-state index contributed by atoms with van der Waals surface area (Å²) in [5.41, 5.74) is 3.04. The number of halogens is 1. The quantitative estimate of drug-likeness (QED) is 0.461. The van der Waals surface area contributed by atoms with Crippen molar-refractivity contribution in [2.24, 2.45) is 0 Å². The number of nitrogens with zero attached hydrogens (tertiary/aromatic N) is 5. The molecule has 0 unspecified atom stereocenters. The van der Waals surface area contributed by atoms with E-state index in [1.165, 1.54) is 12.8 Å². The second kappa shape index (κ2) is 7.12. The number of hydrogen-bond acceptors (Lipinski definition) is 6. The lowest BCUT2D eigenvalue weighted by atomic mass is 10.1. The molecule has 2 aromatic heterocycles. The van der Waals surface area contributed by atoms with Gasteiger partial charge in [-0.25, -0.2) is 9.88 Å². The van der Waals surface area contributed by atoms with E-state index in [1.54, 1.807) is 24.3 Å². The number of ether oxygens (including phenoxy) is 1. The van der Waals surface area contributed by atoms with Crippen LogP contribution in [0.15, 0.2) is 30.3 Å². The minimum atomic E-state index is -0.389. The van der Waals surface area contributed by atoms with E-state index in [4.69, 9.17) is 21.4 Å². The summed E-state index contributed by atoms with van der Waals surface area (Å²) in [6.45, 7) is 3.86. The van der Waals surface area contributed by atoms with Crippen LogP contribution in [0.4, 0.5) is 5.82 Å². The van der Waals surface area contributed by atoms with Crippen LogP contribution < -0.4 is 4.90 Å². The first-order valence-electron chi connectivity index (χ1n) is 10.5. The number of benzene rings is 1. The smallest absolute Gasteiger partial charge is 0.267 e. The normalized spacial score (nSPS) is 19.5. The zero-order valence-corrected chi connectivity index (χ0v) is 17.5. The molecule has 3 aliphatic heterocycles. The molecule has 0 bridgehead atoms. The maximum atomic E-state index is 13.1. The predicted octanol–water partition coefficient (Wildman–Crippen LogP) is 3.05. The van der Waals surface area contributed by atoms with Gasteiger partial charge in [-0.1, -0.05) is 23.7 Å². The number of aromatic nitrogens is 3. The van der Waals surface area contributed by atoms with Gasteiger partial charge in [0, 0.05) is 6.54 Å². The third-order valence-electron chi connectivity index (χ3n) is 6.25. The van der Waals surface area contributed by atoms with Crippen molar-refractivity contribution in [1.82, 2.24) is 19.7 Å². The molecule has 2 saturated heterocycles. The van der Waals surface area contributed by atoms with Crippen molar-refractivity contribution in [3.63, 3.8) is 0 Å². The number of pyridine rings is 1. The van der Waals surface area contributed by atoms with Gasteiger partial charge in [0.1, 0.15) is 10.7 Å². The number of fused-ring (bicyclic) bond motifs is 2. The van der Waals surface area contributed by atoms with Crippen LogP contribution in [0, 0.1) is 0 Å². The Labute approximate surface area is 183 Å². The number of anilines is 1. The summed E-state index contributed by atoms with van der Waals surface area (Å²) in [7, 11) is 0. The summed E-state index contributed by atoms with van der Waals surface area (Å²) < 4.78 is 7.27. The van der Waals surface area contributed by atoms with Crippen LogP contribution in [0.3, 0.4) is 0 Å². The Morgan fingerprint density at radius 2 is 1.74 bits per heavy atom. The molecule has 6 rings (SSSR count). The standard InChI is InChI=1S/C22H20ClN5O3/c23-17-9-13(10-26-7-3-4-8-26)19-18(24-17)20(25-28(19)14-11-31-12-14)27-21(29)15-5-1-2-6-16(15)22(27)30/h1-2,5-6,9,14H,3-4,7-8,10-12H2. The average molecular weight is 438 g/mol. The van der Waals surface area contributed by atoms with E-state index in [9.17, 15) is 9.59 Å². The maximum absolute atomic E-state index is 13.1. The highest BCUT2D eigenvalue weighted by atomic mass is 35.5. The Morgan fingerprint density at radius 1 is 1.06 bits per heavy atom. The Bertz CT molecular complexity index is 1190. The van der Waals surface area contributed by atoms with E-state index in [0.29, 0.717) is 35.0 Å². The van der Waals surface area contributed by atoms with Gasteiger partial charge in [-0.3, -0.25) is 19.2 Å². The zero-order chi connectivity index (χ0) is 21.1. The van der Waals surface area contributed by atoms with E-state index < -0.39 is 0 Å².